The summed E-state index contributed by atoms with van der Waals surface area (Å²) in [5.74, 6) is 0.191. The van der Waals surface area contributed by atoms with Crippen LogP contribution in [-0.4, -0.2) is 178 Å². The van der Waals surface area contributed by atoms with E-state index in [1.807, 2.05) is 4.90 Å². The van der Waals surface area contributed by atoms with Gasteiger partial charge in [-0.05, 0) is 350 Å². The Morgan fingerprint density at radius 2 is 0.791 bits per heavy atom. The number of nitrogens with zero attached hydrogens (tertiary/aromatic N) is 4. The number of aliphatic hydroxyl groups excluding tert-OH is 1. The standard InChI is InChI=1S/C74H130N14O2.CH4/c1-11-61-57(7)65-53-66-59(9)63(33-35-73(89)87(15-5)51-31-29-49-81-47-27-25-45-79-43-23-21-41-77-39-19-17-37-75-13-3)71(85-66)56-72-64(60(10)68(86-72)55-70-62(12-2)58(8)67(84-70)54-69(61)83-65)34-36-74(90)88(16-6)52-32-30-50-82-48-28-26-46-80-44-24-22-42-78-40-20-18-38-76-14-4;/h53-56,74-84,90H,11-52H2,1-10H3;1H4/t74-;/m1./s1. The number of allylic oxidation sites excluding steroid dienone is 4. The molecule has 11 N–H and O–H groups in total. The third-order valence-electron chi connectivity index (χ3n) is 18.6. The number of H-pyrrole nitrogens is 2. The maximum absolute atomic E-state index is 14.2. The second kappa shape index (κ2) is 47.5. The Balaban J connectivity index is 0.0000177. The lowest BCUT2D eigenvalue weighted by Crippen LogP contribution is -2.36. The summed E-state index contributed by atoms with van der Waals surface area (Å²) in [4.78, 5) is 37.0. The molecule has 2 aliphatic heterocycles. The number of unbranched alkanes of at least 4 members (excludes halogenated alkanes) is 8. The molecule has 0 radical (unpaired) electrons. The largest absolute Gasteiger partial charge is 0.378 e. The average Bonchev–Trinajstić information content (AvgIpc) is 1.70. The molecule has 3 aromatic rings. The fourth-order valence-corrected chi connectivity index (χ4v) is 12.8. The van der Waals surface area contributed by atoms with Gasteiger partial charge in [-0.3, -0.25) is 9.69 Å². The van der Waals surface area contributed by atoms with Crippen LogP contribution in [0, 0.1) is 13.8 Å². The van der Waals surface area contributed by atoms with Gasteiger partial charge < -0.3 is 62.5 Å². The van der Waals surface area contributed by atoms with Crippen molar-refractivity contribution in [2.45, 2.75) is 224 Å². The molecule has 0 saturated heterocycles. The fraction of sp³-hybridized carbons (Fsp3) is 0.720. The van der Waals surface area contributed by atoms with Gasteiger partial charge in [-0.25, -0.2) is 9.97 Å². The molecular formula is C75H134N14O2. The van der Waals surface area contributed by atoms with E-state index >= 15 is 0 Å². The summed E-state index contributed by atoms with van der Waals surface area (Å²) < 4.78 is 0. The SMILES string of the molecule is C.CCNCCCCNCCCCNCCCCNCCCCN(CC)C(=O)CCC1=C(C)c2cc3[nH]c(cc4[nH]c(cc5nc(cc1n2)C(CC[C@@H](O)N(CC)CCCCNCCCCNCCCCNCCCCNCC)=C5C)c(CC)c4C)c(CC)c3C. The Kier molecular flexibility index (Phi) is 41.3. The molecule has 0 spiro atoms. The third kappa shape index (κ3) is 28.3. The number of nitrogens with one attached hydrogen (secondary N) is 10. The van der Waals surface area contributed by atoms with Gasteiger partial charge in [0.2, 0.25) is 5.91 Å². The van der Waals surface area contributed by atoms with Crippen LogP contribution in [0.4, 0.5) is 0 Å². The molecule has 0 unspecified atom stereocenters. The van der Waals surface area contributed by atoms with Crippen LogP contribution in [-0.2, 0) is 17.6 Å². The van der Waals surface area contributed by atoms with E-state index in [-0.39, 0.29) is 13.3 Å². The predicted molar refractivity (Wildman–Crippen MR) is 393 cm³/mol. The van der Waals surface area contributed by atoms with Crippen molar-refractivity contribution in [3.05, 3.63) is 69.3 Å². The summed E-state index contributed by atoms with van der Waals surface area (Å²) in [5, 5.41) is 40.4. The Hall–Kier alpha value is -4.33. The first-order valence-electron chi connectivity index (χ1n) is 36.5. The molecule has 91 heavy (non-hydrogen) atoms. The molecule has 5 heterocycles. The molecule has 16 heteroatoms. The Morgan fingerprint density at radius 3 is 1.18 bits per heavy atom. The number of fused-ring (bicyclic) bond motifs is 8. The Labute approximate surface area is 554 Å². The Morgan fingerprint density at radius 1 is 0.440 bits per heavy atom. The predicted octanol–water partition coefficient (Wildman–Crippen LogP) is 12.6. The molecule has 8 bridgehead atoms. The van der Waals surface area contributed by atoms with Gasteiger partial charge in [0, 0.05) is 48.1 Å². The maximum atomic E-state index is 14.2. The fourth-order valence-electron chi connectivity index (χ4n) is 12.8. The van der Waals surface area contributed by atoms with Crippen LogP contribution < -0.4 is 42.5 Å². The number of hydrogen-bond acceptors (Lipinski definition) is 13. The number of aromatic amines is 2. The van der Waals surface area contributed by atoms with Crippen molar-refractivity contribution >= 4 is 50.3 Å². The minimum absolute atomic E-state index is 0. The van der Waals surface area contributed by atoms with Crippen molar-refractivity contribution in [2.75, 3.05) is 131 Å². The van der Waals surface area contributed by atoms with Crippen LogP contribution in [0.3, 0.4) is 0 Å². The molecule has 3 aromatic heterocycles. The number of aryl methyl sites for hydroxylation is 4. The molecule has 1 amide bonds. The Bertz CT molecular complexity index is 2710. The highest BCUT2D eigenvalue weighted by molar-refractivity contribution is 5.96. The van der Waals surface area contributed by atoms with E-state index < -0.39 is 6.23 Å². The van der Waals surface area contributed by atoms with Crippen molar-refractivity contribution in [3.8, 4) is 0 Å². The summed E-state index contributed by atoms with van der Waals surface area (Å²) in [6, 6.07) is 8.92. The van der Waals surface area contributed by atoms with Crippen LogP contribution in [0.2, 0.25) is 0 Å². The van der Waals surface area contributed by atoms with E-state index in [9.17, 15) is 9.90 Å². The lowest BCUT2D eigenvalue weighted by molar-refractivity contribution is -0.131. The number of aliphatic hydroxyl groups is 1. The van der Waals surface area contributed by atoms with Gasteiger partial charge >= 0.3 is 0 Å². The van der Waals surface area contributed by atoms with Crippen molar-refractivity contribution < 1.29 is 9.90 Å². The molecule has 0 aliphatic carbocycles. The monoisotopic (exact) mass is 1260 g/mol. The number of amides is 1. The highest BCUT2D eigenvalue weighted by atomic mass is 16.3. The minimum atomic E-state index is -0.572. The van der Waals surface area contributed by atoms with Crippen LogP contribution in [0.25, 0.3) is 44.4 Å². The first-order valence-corrected chi connectivity index (χ1v) is 36.5. The number of aromatic nitrogens is 4. The highest BCUT2D eigenvalue weighted by Crippen LogP contribution is 2.39. The van der Waals surface area contributed by atoms with E-state index in [2.05, 4.69) is 151 Å². The molecule has 2 aliphatic rings. The summed E-state index contributed by atoms with van der Waals surface area (Å²) >= 11 is 0. The topological polar surface area (TPSA) is 197 Å². The summed E-state index contributed by atoms with van der Waals surface area (Å²) in [5.41, 5.74) is 17.5. The molecule has 1 atom stereocenters. The number of hydrogen-bond donors (Lipinski definition) is 11. The molecular weight excluding hydrogens is 1130 g/mol. The van der Waals surface area contributed by atoms with Gasteiger partial charge in [0.1, 0.15) is 6.23 Å². The van der Waals surface area contributed by atoms with Gasteiger partial charge in [0.25, 0.3) is 0 Å². The first-order chi connectivity index (χ1) is 44.0. The van der Waals surface area contributed by atoms with Gasteiger partial charge in [-0.1, -0.05) is 42.0 Å². The highest BCUT2D eigenvalue weighted by Gasteiger charge is 2.25. The van der Waals surface area contributed by atoms with Crippen LogP contribution in [0.5, 0.6) is 0 Å². The summed E-state index contributed by atoms with van der Waals surface area (Å²) in [6.45, 7) is 42.3. The van der Waals surface area contributed by atoms with E-state index in [0.29, 0.717) is 32.2 Å². The second-order valence-electron chi connectivity index (χ2n) is 25.4. The van der Waals surface area contributed by atoms with E-state index in [0.717, 1.165) is 230 Å². The lowest BCUT2D eigenvalue weighted by Gasteiger charge is -2.27. The zero-order valence-corrected chi connectivity index (χ0v) is 58.7. The molecule has 0 saturated carbocycles. The van der Waals surface area contributed by atoms with Crippen molar-refractivity contribution in [1.29, 1.82) is 0 Å². The lowest BCUT2D eigenvalue weighted by atomic mass is 9.97. The van der Waals surface area contributed by atoms with Crippen molar-refractivity contribution in [3.63, 3.8) is 0 Å². The molecule has 516 valence electrons. The van der Waals surface area contributed by atoms with Crippen molar-refractivity contribution in [1.82, 2.24) is 72.3 Å². The second-order valence-corrected chi connectivity index (χ2v) is 25.4. The number of rotatable bonds is 53. The molecule has 0 fully saturated rings. The average molecular weight is 1260 g/mol. The summed E-state index contributed by atoms with van der Waals surface area (Å²) in [6.07, 6.45) is 22.3. The third-order valence-corrected chi connectivity index (χ3v) is 18.6. The number of carbonyl (C=O) groups excluding carboxylic acids is 1. The van der Waals surface area contributed by atoms with Crippen LogP contribution in [0.15, 0.2) is 24.3 Å². The normalized spacial score (nSPS) is 12.9. The van der Waals surface area contributed by atoms with Gasteiger partial charge in [0.05, 0.1) is 22.8 Å². The molecule has 0 aromatic carbocycles. The van der Waals surface area contributed by atoms with Gasteiger partial charge in [-0.15, -0.1) is 0 Å². The zero-order valence-electron chi connectivity index (χ0n) is 58.7. The maximum Gasteiger partial charge on any atom is 0.222 e. The first kappa shape index (κ1) is 79.1. The minimum Gasteiger partial charge on any atom is -0.378 e. The molecule has 5 rings (SSSR count). The quantitative estimate of drug-likeness (QED) is 0.0189. The zero-order chi connectivity index (χ0) is 64.6. The van der Waals surface area contributed by atoms with Crippen LogP contribution >= 0.6 is 0 Å². The molecule has 16 nitrogen and oxygen atoms in total. The smallest absolute Gasteiger partial charge is 0.222 e. The van der Waals surface area contributed by atoms with E-state index in [1.165, 1.54) is 99.3 Å². The van der Waals surface area contributed by atoms with E-state index in [1.54, 1.807) is 0 Å². The summed E-state index contributed by atoms with van der Waals surface area (Å²) in [7, 11) is 0. The van der Waals surface area contributed by atoms with E-state index in [4.69, 9.17) is 9.97 Å². The van der Waals surface area contributed by atoms with Crippen molar-refractivity contribution in [2.24, 2.45) is 0 Å². The van der Waals surface area contributed by atoms with Gasteiger partial charge in [0.15, 0.2) is 0 Å². The number of carbonyl (C=O) groups is 1. The van der Waals surface area contributed by atoms with Crippen LogP contribution in [0.1, 0.15) is 236 Å². The van der Waals surface area contributed by atoms with Gasteiger partial charge in [-0.2, -0.15) is 0 Å².